The predicted molar refractivity (Wildman–Crippen MR) is 138 cm³/mol. The van der Waals surface area contributed by atoms with Crippen molar-refractivity contribution in [2.75, 3.05) is 27.2 Å². The summed E-state index contributed by atoms with van der Waals surface area (Å²) >= 11 is 0. The number of Topliss-reactive ketones (excluding diaryl/α,β-unsaturated/α-hetero) is 1. The van der Waals surface area contributed by atoms with Crippen molar-refractivity contribution in [2.24, 2.45) is 0 Å². The minimum absolute atomic E-state index is 0.0192. The summed E-state index contributed by atoms with van der Waals surface area (Å²) in [4.78, 5) is 29.9. The number of ketones is 1. The molecule has 4 rings (SSSR count). The molecule has 1 aliphatic heterocycles. The molecule has 2 aromatic carbocycles. The zero-order valence-corrected chi connectivity index (χ0v) is 21.3. The van der Waals surface area contributed by atoms with Crippen LogP contribution in [-0.2, 0) is 9.59 Å². The maximum atomic E-state index is 13.3. The van der Waals surface area contributed by atoms with Gasteiger partial charge in [-0.25, -0.2) is 4.68 Å². The van der Waals surface area contributed by atoms with Crippen LogP contribution in [0.1, 0.15) is 36.7 Å². The van der Waals surface area contributed by atoms with Gasteiger partial charge < -0.3 is 19.6 Å². The van der Waals surface area contributed by atoms with Gasteiger partial charge in [-0.05, 0) is 64.7 Å². The number of aliphatic hydroxyl groups excluding tert-OH is 1. The quantitative estimate of drug-likeness (QED) is 0.294. The molecule has 0 bridgehead atoms. The van der Waals surface area contributed by atoms with Gasteiger partial charge in [0.1, 0.15) is 11.5 Å². The maximum Gasteiger partial charge on any atom is 0.295 e. The van der Waals surface area contributed by atoms with E-state index in [1.54, 1.807) is 4.68 Å². The molecular weight excluding hydrogens is 456 g/mol. The molecule has 36 heavy (non-hydrogen) atoms. The van der Waals surface area contributed by atoms with Crippen molar-refractivity contribution < 1.29 is 19.4 Å². The first-order valence-corrected chi connectivity index (χ1v) is 12.0. The fourth-order valence-corrected chi connectivity index (χ4v) is 4.38. The predicted octanol–water partition coefficient (Wildman–Crippen LogP) is 3.95. The fraction of sp³-hybridized carbons (Fsp3) is 0.321. The van der Waals surface area contributed by atoms with Crippen LogP contribution < -0.4 is 4.74 Å². The number of likely N-dealkylation sites (N-methyl/N-ethyl adjacent to an activating group) is 1. The molecule has 2 heterocycles. The van der Waals surface area contributed by atoms with Gasteiger partial charge in [0.2, 0.25) is 0 Å². The summed E-state index contributed by atoms with van der Waals surface area (Å²) < 4.78 is 7.46. The number of para-hydroxylation sites is 1. The Kier molecular flexibility index (Phi) is 7.26. The van der Waals surface area contributed by atoms with Crippen molar-refractivity contribution in [1.82, 2.24) is 19.6 Å². The third-order valence-corrected chi connectivity index (χ3v) is 6.16. The number of carbonyl (C=O) groups is 2. The Morgan fingerprint density at radius 3 is 2.36 bits per heavy atom. The molecule has 1 atom stereocenters. The number of carbonyl (C=O) groups excluding carboxylic acids is 2. The number of ether oxygens (including phenoxy) is 1. The summed E-state index contributed by atoms with van der Waals surface area (Å²) in [7, 11) is 3.82. The summed E-state index contributed by atoms with van der Waals surface area (Å²) in [6.45, 7) is 6.63. The van der Waals surface area contributed by atoms with Crippen LogP contribution in [0.25, 0.3) is 11.4 Å². The number of aliphatic hydroxyl groups is 1. The van der Waals surface area contributed by atoms with Crippen LogP contribution in [0.15, 0.2) is 66.4 Å². The average molecular weight is 489 g/mol. The van der Waals surface area contributed by atoms with Crippen molar-refractivity contribution in [1.29, 1.82) is 0 Å². The Morgan fingerprint density at radius 1 is 1.08 bits per heavy atom. The summed E-state index contributed by atoms with van der Waals surface area (Å²) in [5.74, 6) is -0.864. The van der Waals surface area contributed by atoms with Gasteiger partial charge in [0, 0.05) is 13.1 Å². The second kappa shape index (κ2) is 10.4. The normalized spacial score (nSPS) is 17.4. The fourth-order valence-electron chi connectivity index (χ4n) is 4.38. The summed E-state index contributed by atoms with van der Waals surface area (Å²) in [6, 6.07) is 16.1. The second-order valence-electron chi connectivity index (χ2n) is 9.42. The number of nitrogens with zero attached hydrogens (tertiary/aromatic N) is 4. The van der Waals surface area contributed by atoms with Crippen molar-refractivity contribution >= 4 is 17.4 Å². The van der Waals surface area contributed by atoms with E-state index < -0.39 is 17.7 Å². The van der Waals surface area contributed by atoms with E-state index in [-0.39, 0.29) is 17.4 Å². The molecule has 188 valence electrons. The number of hydrogen-bond acceptors (Lipinski definition) is 6. The Bertz CT molecular complexity index is 1280. The minimum atomic E-state index is -0.725. The van der Waals surface area contributed by atoms with Crippen molar-refractivity contribution in [3.8, 4) is 11.4 Å². The third kappa shape index (κ3) is 4.90. The SMILES string of the molecule is Cc1c(/C(O)=C2\C(=O)C(=O)N(CCN(C)C)C2c2ccc(OC(C)C)cc2)cnn1-c1ccccc1. The number of rotatable bonds is 8. The number of aromatic nitrogens is 2. The first-order valence-electron chi connectivity index (χ1n) is 12.0. The molecule has 0 saturated carbocycles. The van der Waals surface area contributed by atoms with Gasteiger partial charge in [-0.1, -0.05) is 30.3 Å². The highest BCUT2D eigenvalue weighted by atomic mass is 16.5. The molecule has 0 aliphatic carbocycles. The van der Waals surface area contributed by atoms with Crippen LogP contribution >= 0.6 is 0 Å². The largest absolute Gasteiger partial charge is 0.507 e. The lowest BCUT2D eigenvalue weighted by Crippen LogP contribution is -2.35. The van der Waals surface area contributed by atoms with Crippen LogP contribution in [0.5, 0.6) is 5.75 Å². The van der Waals surface area contributed by atoms with Crippen molar-refractivity contribution in [2.45, 2.75) is 32.9 Å². The van der Waals surface area contributed by atoms with Gasteiger partial charge in [0.15, 0.2) is 0 Å². The Morgan fingerprint density at radius 2 is 1.75 bits per heavy atom. The van der Waals surface area contributed by atoms with Gasteiger partial charge in [-0.15, -0.1) is 0 Å². The lowest BCUT2D eigenvalue weighted by molar-refractivity contribution is -0.140. The van der Waals surface area contributed by atoms with Gasteiger partial charge in [0.05, 0.1) is 40.9 Å². The van der Waals surface area contributed by atoms with Crippen LogP contribution in [0, 0.1) is 6.92 Å². The molecule has 1 unspecified atom stereocenters. The second-order valence-corrected chi connectivity index (χ2v) is 9.42. The van der Waals surface area contributed by atoms with E-state index in [4.69, 9.17) is 4.74 Å². The smallest absolute Gasteiger partial charge is 0.295 e. The molecule has 1 fully saturated rings. The highest BCUT2D eigenvalue weighted by molar-refractivity contribution is 6.46. The lowest BCUT2D eigenvalue weighted by Gasteiger charge is -2.26. The maximum absolute atomic E-state index is 13.3. The molecule has 0 spiro atoms. The zero-order valence-electron chi connectivity index (χ0n) is 21.3. The van der Waals surface area contributed by atoms with E-state index in [0.717, 1.165) is 11.3 Å². The first-order chi connectivity index (χ1) is 17.2. The van der Waals surface area contributed by atoms with Crippen LogP contribution in [-0.4, -0.2) is 69.7 Å². The standard InChI is InChI=1S/C28H32N4O4/c1-18(2)36-22-13-11-20(12-14-22)25-24(27(34)28(35)31(25)16-15-30(4)5)26(33)23-17-29-32(19(23)3)21-9-7-6-8-10-21/h6-14,17-18,25,33H,15-16H2,1-5H3/b26-24+. The van der Waals surface area contributed by atoms with E-state index >= 15 is 0 Å². The van der Waals surface area contributed by atoms with E-state index in [9.17, 15) is 14.7 Å². The molecule has 8 nitrogen and oxygen atoms in total. The van der Waals surface area contributed by atoms with E-state index in [2.05, 4.69) is 5.10 Å². The van der Waals surface area contributed by atoms with Gasteiger partial charge in [-0.3, -0.25) is 9.59 Å². The molecule has 1 aliphatic rings. The molecule has 0 radical (unpaired) electrons. The number of hydrogen-bond donors (Lipinski definition) is 1. The van der Waals surface area contributed by atoms with Crippen LogP contribution in [0.2, 0.25) is 0 Å². The minimum Gasteiger partial charge on any atom is -0.507 e. The average Bonchev–Trinajstić information content (AvgIpc) is 3.35. The number of likely N-dealkylation sites (tertiary alicyclic amines) is 1. The van der Waals surface area contributed by atoms with E-state index in [0.29, 0.717) is 30.1 Å². The highest BCUT2D eigenvalue weighted by Gasteiger charge is 2.46. The monoisotopic (exact) mass is 488 g/mol. The molecule has 8 heteroatoms. The van der Waals surface area contributed by atoms with Crippen molar-refractivity contribution in [3.05, 3.63) is 83.2 Å². The summed E-state index contributed by atoms with van der Waals surface area (Å²) in [5.41, 5.74) is 2.69. The van der Waals surface area contributed by atoms with Crippen LogP contribution in [0.3, 0.4) is 0 Å². The van der Waals surface area contributed by atoms with Crippen LogP contribution in [0.4, 0.5) is 0 Å². The molecule has 1 aromatic heterocycles. The first kappa shape index (κ1) is 25.2. The Hall–Kier alpha value is -3.91. The molecule has 1 amide bonds. The van der Waals surface area contributed by atoms with Crippen molar-refractivity contribution in [3.63, 3.8) is 0 Å². The zero-order chi connectivity index (χ0) is 26.0. The summed E-state index contributed by atoms with van der Waals surface area (Å²) in [5, 5.41) is 15.9. The molecule has 1 saturated heterocycles. The van der Waals surface area contributed by atoms with Gasteiger partial charge in [0.25, 0.3) is 11.7 Å². The third-order valence-electron chi connectivity index (χ3n) is 6.16. The molecular formula is C28H32N4O4. The van der Waals surface area contributed by atoms with Gasteiger partial charge >= 0.3 is 0 Å². The lowest BCUT2D eigenvalue weighted by atomic mass is 9.95. The number of benzene rings is 2. The molecule has 1 N–H and O–H groups in total. The van der Waals surface area contributed by atoms with E-state index in [1.165, 1.54) is 11.1 Å². The Labute approximate surface area is 211 Å². The summed E-state index contributed by atoms with van der Waals surface area (Å²) in [6.07, 6.45) is 1.55. The topological polar surface area (TPSA) is 87.9 Å². The Balaban J connectivity index is 1.81. The van der Waals surface area contributed by atoms with E-state index in [1.807, 2.05) is 94.4 Å². The highest BCUT2D eigenvalue weighted by Crippen LogP contribution is 2.40. The van der Waals surface area contributed by atoms with Gasteiger partial charge in [-0.2, -0.15) is 5.10 Å². The number of amides is 1. The molecule has 3 aromatic rings.